The Kier molecular flexibility index (Phi) is 4.58. The van der Waals surface area contributed by atoms with Crippen molar-refractivity contribution in [1.82, 2.24) is 14.9 Å². The molecule has 0 N–H and O–H groups in total. The number of hydrogen-bond acceptors (Lipinski definition) is 5. The molecule has 1 saturated heterocycles. The fraction of sp³-hybridized carbons (Fsp3) is 0.714. The molecule has 5 nitrogen and oxygen atoms in total. The van der Waals surface area contributed by atoms with Gasteiger partial charge in [0.25, 0.3) is 0 Å². The molecule has 1 aliphatic rings. The van der Waals surface area contributed by atoms with Crippen LogP contribution in [0.25, 0.3) is 0 Å². The third-order valence-corrected chi connectivity index (χ3v) is 3.84. The number of nitrogens with zero attached hydrogens (tertiary/aromatic N) is 4. The van der Waals surface area contributed by atoms with Crippen molar-refractivity contribution in [2.24, 2.45) is 5.92 Å². The Bertz CT molecular complexity index is 412. The lowest BCUT2D eigenvalue weighted by atomic mass is 9.93. The third kappa shape index (κ3) is 3.35. The summed E-state index contributed by atoms with van der Waals surface area (Å²) in [6.07, 6.45) is 2.75. The molecule has 2 heterocycles. The topological polar surface area (TPSA) is 41.5 Å². The largest absolute Gasteiger partial charge is 0.478 e. The van der Waals surface area contributed by atoms with Gasteiger partial charge in [-0.1, -0.05) is 6.92 Å². The van der Waals surface area contributed by atoms with E-state index in [-0.39, 0.29) is 0 Å². The Morgan fingerprint density at radius 2 is 2.26 bits per heavy atom. The highest BCUT2D eigenvalue weighted by Gasteiger charge is 2.28. The summed E-state index contributed by atoms with van der Waals surface area (Å²) >= 11 is 0. The molecule has 1 aliphatic heterocycles. The van der Waals surface area contributed by atoms with Crippen LogP contribution in [-0.4, -0.2) is 54.7 Å². The van der Waals surface area contributed by atoms with E-state index in [9.17, 15) is 0 Å². The van der Waals surface area contributed by atoms with Gasteiger partial charge in [-0.25, -0.2) is 9.97 Å². The summed E-state index contributed by atoms with van der Waals surface area (Å²) in [5.74, 6) is 2.23. The lowest BCUT2D eigenvalue weighted by molar-refractivity contribution is 0.193. The number of piperidine rings is 1. The van der Waals surface area contributed by atoms with Crippen LogP contribution in [0.5, 0.6) is 5.88 Å². The average Bonchev–Trinajstić information content (AvgIpc) is 2.39. The van der Waals surface area contributed by atoms with Crippen molar-refractivity contribution in [3.63, 3.8) is 0 Å². The fourth-order valence-electron chi connectivity index (χ4n) is 2.84. The Labute approximate surface area is 115 Å². The minimum atomic E-state index is 0.528. The van der Waals surface area contributed by atoms with Crippen LogP contribution in [0.15, 0.2) is 12.4 Å². The second-order valence-corrected chi connectivity index (χ2v) is 5.35. The van der Waals surface area contributed by atoms with Gasteiger partial charge in [0.15, 0.2) is 0 Å². The first-order valence-electron chi connectivity index (χ1n) is 6.98. The summed E-state index contributed by atoms with van der Waals surface area (Å²) in [6, 6.07) is 2.45. The van der Waals surface area contributed by atoms with E-state index < -0.39 is 0 Å². The van der Waals surface area contributed by atoms with Crippen LogP contribution in [0, 0.1) is 5.92 Å². The molecule has 106 valence electrons. The molecule has 0 spiro atoms. The van der Waals surface area contributed by atoms with E-state index in [0.29, 0.717) is 24.4 Å². The molecule has 0 amide bonds. The molecule has 5 heteroatoms. The summed E-state index contributed by atoms with van der Waals surface area (Å²) in [5.41, 5.74) is 0. The molecule has 1 fully saturated rings. The summed E-state index contributed by atoms with van der Waals surface area (Å²) in [4.78, 5) is 13.1. The van der Waals surface area contributed by atoms with E-state index in [1.165, 1.54) is 6.42 Å². The highest BCUT2D eigenvalue weighted by Crippen LogP contribution is 2.25. The fourth-order valence-corrected chi connectivity index (χ4v) is 2.84. The van der Waals surface area contributed by atoms with Crippen molar-refractivity contribution in [2.45, 2.75) is 26.3 Å². The smallest absolute Gasteiger partial charge is 0.218 e. The van der Waals surface area contributed by atoms with Crippen molar-refractivity contribution in [3.05, 3.63) is 12.4 Å². The molecule has 0 bridgehead atoms. The maximum Gasteiger partial charge on any atom is 0.218 e. The number of anilines is 1. The molecule has 2 unspecified atom stereocenters. The number of likely N-dealkylation sites (tertiary alicyclic amines) is 1. The molecule has 2 rings (SSSR count). The number of aromatic nitrogens is 2. The molecule has 0 saturated carbocycles. The van der Waals surface area contributed by atoms with Gasteiger partial charge in [0, 0.05) is 25.7 Å². The SMILES string of the molecule is CCOc1cc(N(C)C2CCN(C)CC2C)ncn1. The van der Waals surface area contributed by atoms with Crippen LogP contribution in [0.2, 0.25) is 0 Å². The summed E-state index contributed by atoms with van der Waals surface area (Å²) in [6.45, 7) is 7.18. The summed E-state index contributed by atoms with van der Waals surface area (Å²) in [7, 11) is 4.30. The molecule has 1 aromatic rings. The van der Waals surface area contributed by atoms with Crippen LogP contribution in [0.4, 0.5) is 5.82 Å². The Hall–Kier alpha value is -1.36. The van der Waals surface area contributed by atoms with E-state index in [0.717, 1.165) is 18.9 Å². The first kappa shape index (κ1) is 14.1. The maximum atomic E-state index is 5.44. The number of ether oxygens (including phenoxy) is 1. The van der Waals surface area contributed by atoms with Crippen LogP contribution in [0.3, 0.4) is 0 Å². The van der Waals surface area contributed by atoms with E-state index in [2.05, 4.69) is 40.8 Å². The van der Waals surface area contributed by atoms with Gasteiger partial charge in [0.1, 0.15) is 12.1 Å². The molecular weight excluding hydrogens is 240 g/mol. The van der Waals surface area contributed by atoms with Gasteiger partial charge >= 0.3 is 0 Å². The second kappa shape index (κ2) is 6.19. The Morgan fingerprint density at radius 3 is 2.95 bits per heavy atom. The van der Waals surface area contributed by atoms with Gasteiger partial charge in [-0.2, -0.15) is 0 Å². The zero-order valence-electron chi connectivity index (χ0n) is 12.3. The molecule has 1 aromatic heterocycles. The average molecular weight is 264 g/mol. The Balaban J connectivity index is 2.10. The summed E-state index contributed by atoms with van der Waals surface area (Å²) in [5, 5.41) is 0. The Morgan fingerprint density at radius 1 is 1.47 bits per heavy atom. The number of hydrogen-bond donors (Lipinski definition) is 0. The monoisotopic (exact) mass is 264 g/mol. The minimum absolute atomic E-state index is 0.528. The quantitative estimate of drug-likeness (QED) is 0.827. The van der Waals surface area contributed by atoms with Crippen LogP contribution < -0.4 is 9.64 Å². The van der Waals surface area contributed by atoms with Crippen LogP contribution >= 0.6 is 0 Å². The molecule has 19 heavy (non-hydrogen) atoms. The highest BCUT2D eigenvalue weighted by atomic mass is 16.5. The highest BCUT2D eigenvalue weighted by molar-refractivity contribution is 5.41. The standard InChI is InChI=1S/C14H24N4O/c1-5-19-14-8-13(15-10-16-14)18(4)12-6-7-17(3)9-11(12)2/h8,10-12H,5-7,9H2,1-4H3. The molecular formula is C14H24N4O. The van der Waals surface area contributed by atoms with Crippen LogP contribution in [0.1, 0.15) is 20.3 Å². The van der Waals surface area contributed by atoms with Crippen molar-refractivity contribution in [2.75, 3.05) is 38.7 Å². The number of rotatable bonds is 4. The van der Waals surface area contributed by atoms with E-state index >= 15 is 0 Å². The van der Waals surface area contributed by atoms with E-state index in [4.69, 9.17) is 4.74 Å². The van der Waals surface area contributed by atoms with Gasteiger partial charge in [0.05, 0.1) is 6.61 Å². The van der Waals surface area contributed by atoms with Crippen LogP contribution in [-0.2, 0) is 0 Å². The van der Waals surface area contributed by atoms with Gasteiger partial charge in [-0.05, 0) is 32.9 Å². The predicted octanol–water partition coefficient (Wildman–Crippen LogP) is 1.65. The predicted molar refractivity (Wildman–Crippen MR) is 76.7 cm³/mol. The second-order valence-electron chi connectivity index (χ2n) is 5.35. The van der Waals surface area contributed by atoms with Crippen molar-refractivity contribution in [3.8, 4) is 5.88 Å². The zero-order chi connectivity index (χ0) is 13.8. The van der Waals surface area contributed by atoms with Gasteiger partial charge in [0.2, 0.25) is 5.88 Å². The summed E-state index contributed by atoms with van der Waals surface area (Å²) < 4.78 is 5.44. The molecule has 0 aliphatic carbocycles. The van der Waals surface area contributed by atoms with Crippen molar-refractivity contribution < 1.29 is 4.74 Å². The lowest BCUT2D eigenvalue weighted by Gasteiger charge is -2.40. The van der Waals surface area contributed by atoms with Crippen molar-refractivity contribution in [1.29, 1.82) is 0 Å². The molecule has 0 aromatic carbocycles. The van der Waals surface area contributed by atoms with E-state index in [1.807, 2.05) is 13.0 Å². The molecule has 0 radical (unpaired) electrons. The van der Waals surface area contributed by atoms with Gasteiger partial charge < -0.3 is 14.5 Å². The van der Waals surface area contributed by atoms with Crippen molar-refractivity contribution >= 4 is 5.82 Å². The normalized spacial score (nSPS) is 24.2. The first-order chi connectivity index (χ1) is 9.11. The minimum Gasteiger partial charge on any atom is -0.478 e. The zero-order valence-corrected chi connectivity index (χ0v) is 12.3. The maximum absolute atomic E-state index is 5.44. The van der Waals surface area contributed by atoms with Gasteiger partial charge in [-0.3, -0.25) is 0 Å². The van der Waals surface area contributed by atoms with E-state index in [1.54, 1.807) is 6.33 Å². The van der Waals surface area contributed by atoms with Gasteiger partial charge in [-0.15, -0.1) is 0 Å². The third-order valence-electron chi connectivity index (χ3n) is 3.84. The lowest BCUT2D eigenvalue weighted by Crippen LogP contribution is -2.48. The molecule has 2 atom stereocenters. The first-order valence-corrected chi connectivity index (χ1v) is 6.98.